The molecular weight excluding hydrogens is 256 g/mol. The summed E-state index contributed by atoms with van der Waals surface area (Å²) in [6.45, 7) is 10.9. The van der Waals surface area contributed by atoms with Crippen molar-refractivity contribution in [2.45, 2.75) is 65.8 Å². The largest absolute Gasteiger partial charge is 0.517 e. The molecule has 4 nitrogen and oxygen atoms in total. The van der Waals surface area contributed by atoms with Gasteiger partial charge in [-0.15, -0.1) is 0 Å². The Kier molecular flexibility index (Phi) is 8.17. The fourth-order valence-electron chi connectivity index (χ4n) is 2.75. The highest BCUT2D eigenvalue weighted by atomic mass is 28.4. The van der Waals surface area contributed by atoms with Crippen LogP contribution in [-0.2, 0) is 8.85 Å². The van der Waals surface area contributed by atoms with Crippen LogP contribution >= 0.6 is 0 Å². The van der Waals surface area contributed by atoms with Gasteiger partial charge in [-0.05, 0) is 45.6 Å². The van der Waals surface area contributed by atoms with E-state index in [1.165, 1.54) is 25.7 Å². The van der Waals surface area contributed by atoms with Gasteiger partial charge in [-0.25, -0.2) is 0 Å². The van der Waals surface area contributed by atoms with Crippen LogP contribution < -0.4 is 9.96 Å². The van der Waals surface area contributed by atoms with Crippen molar-refractivity contribution in [2.24, 2.45) is 5.92 Å². The van der Waals surface area contributed by atoms with E-state index in [2.05, 4.69) is 23.8 Å². The predicted octanol–water partition coefficient (Wildman–Crippen LogP) is 2.66. The molecule has 1 saturated carbocycles. The molecule has 0 saturated heterocycles. The molecule has 1 fully saturated rings. The summed E-state index contributed by atoms with van der Waals surface area (Å²) < 4.78 is 12.0. The molecule has 2 N–H and O–H groups in total. The Labute approximate surface area is 120 Å². The fraction of sp³-hybridized carbons (Fsp3) is 1.00. The van der Waals surface area contributed by atoms with E-state index in [1.807, 2.05) is 13.8 Å². The Morgan fingerprint density at radius 2 is 1.68 bits per heavy atom. The molecule has 0 heterocycles. The van der Waals surface area contributed by atoms with Crippen LogP contribution in [-0.4, -0.2) is 34.7 Å². The normalized spacial score (nSPS) is 24.6. The molecule has 0 radical (unpaired) electrons. The highest BCUT2D eigenvalue weighted by Crippen LogP contribution is 2.24. The Morgan fingerprint density at radius 3 is 2.21 bits per heavy atom. The lowest BCUT2D eigenvalue weighted by molar-refractivity contribution is 0.144. The summed E-state index contributed by atoms with van der Waals surface area (Å²) in [6, 6.07) is 0.530. The molecule has 0 aromatic carbocycles. The number of hydrogen-bond donors (Lipinski definition) is 2. The van der Waals surface area contributed by atoms with Crippen molar-refractivity contribution in [3.8, 4) is 0 Å². The average Bonchev–Trinajstić information content (AvgIpc) is 2.40. The van der Waals surface area contributed by atoms with Crippen LogP contribution in [0.2, 0.25) is 0 Å². The van der Waals surface area contributed by atoms with Gasteiger partial charge in [-0.1, -0.05) is 26.7 Å². The molecule has 0 spiro atoms. The summed E-state index contributed by atoms with van der Waals surface area (Å²) in [5.41, 5.74) is 0. The van der Waals surface area contributed by atoms with Crippen LogP contribution in [0.5, 0.6) is 0 Å². The highest BCUT2D eigenvalue weighted by molar-refractivity contribution is 6.62. The molecule has 114 valence electrons. The van der Waals surface area contributed by atoms with Crippen LogP contribution in [0.25, 0.3) is 0 Å². The minimum atomic E-state index is -2.45. The van der Waals surface area contributed by atoms with Crippen LogP contribution in [0, 0.1) is 5.92 Å². The van der Waals surface area contributed by atoms with E-state index in [9.17, 15) is 0 Å². The van der Waals surface area contributed by atoms with Gasteiger partial charge in [0.05, 0.1) is 0 Å². The third kappa shape index (κ3) is 5.51. The van der Waals surface area contributed by atoms with Gasteiger partial charge in [0.2, 0.25) is 0 Å². The maximum atomic E-state index is 6.02. The SMILES string of the molecule is CCCN[Si](NC1CCCCC1C)(OCC)OCC. The Balaban J connectivity index is 2.68. The first-order valence-corrected chi connectivity index (χ1v) is 9.79. The van der Waals surface area contributed by atoms with Crippen LogP contribution in [0.4, 0.5) is 0 Å². The third-order valence-electron chi connectivity index (χ3n) is 3.79. The molecule has 5 heteroatoms. The molecule has 0 aromatic rings. The quantitative estimate of drug-likeness (QED) is 0.640. The minimum Gasteiger partial charge on any atom is -0.371 e. The number of hydrogen-bond acceptors (Lipinski definition) is 4. The van der Waals surface area contributed by atoms with Crippen molar-refractivity contribution >= 4 is 8.88 Å². The first-order chi connectivity index (χ1) is 9.17. The predicted molar refractivity (Wildman–Crippen MR) is 81.9 cm³/mol. The van der Waals surface area contributed by atoms with Gasteiger partial charge in [0.1, 0.15) is 0 Å². The van der Waals surface area contributed by atoms with Crippen LogP contribution in [0.15, 0.2) is 0 Å². The second kappa shape index (κ2) is 9.08. The second-order valence-electron chi connectivity index (χ2n) is 5.42. The average molecular weight is 289 g/mol. The van der Waals surface area contributed by atoms with Crippen molar-refractivity contribution in [3.05, 3.63) is 0 Å². The molecule has 0 aliphatic heterocycles. The lowest BCUT2D eigenvalue weighted by atomic mass is 9.87. The van der Waals surface area contributed by atoms with Gasteiger partial charge in [-0.2, -0.15) is 0 Å². The lowest BCUT2D eigenvalue weighted by Gasteiger charge is -2.38. The van der Waals surface area contributed by atoms with Gasteiger partial charge < -0.3 is 8.85 Å². The van der Waals surface area contributed by atoms with Gasteiger partial charge in [0.15, 0.2) is 0 Å². The second-order valence-corrected chi connectivity index (χ2v) is 7.87. The lowest BCUT2D eigenvalue weighted by Crippen LogP contribution is -2.70. The zero-order valence-electron chi connectivity index (χ0n) is 13.1. The van der Waals surface area contributed by atoms with E-state index in [4.69, 9.17) is 8.85 Å². The van der Waals surface area contributed by atoms with E-state index in [-0.39, 0.29) is 0 Å². The van der Waals surface area contributed by atoms with Crippen molar-refractivity contribution in [3.63, 3.8) is 0 Å². The van der Waals surface area contributed by atoms with Crippen molar-refractivity contribution in [1.82, 2.24) is 9.96 Å². The Morgan fingerprint density at radius 1 is 1.05 bits per heavy atom. The summed E-state index contributed by atoms with van der Waals surface area (Å²) in [7, 11) is -2.45. The maximum absolute atomic E-state index is 6.02. The molecule has 0 bridgehead atoms. The topological polar surface area (TPSA) is 42.5 Å². The molecule has 19 heavy (non-hydrogen) atoms. The van der Waals surface area contributed by atoms with Crippen molar-refractivity contribution in [2.75, 3.05) is 19.8 Å². The van der Waals surface area contributed by atoms with E-state index >= 15 is 0 Å². The maximum Gasteiger partial charge on any atom is 0.517 e. The van der Waals surface area contributed by atoms with Gasteiger partial charge in [0, 0.05) is 19.3 Å². The summed E-state index contributed by atoms with van der Waals surface area (Å²) in [5.74, 6) is 0.713. The van der Waals surface area contributed by atoms with E-state index in [0.717, 1.165) is 13.0 Å². The number of nitrogens with one attached hydrogen (secondary N) is 2. The molecular formula is C14H32N2O2Si. The number of rotatable bonds is 9. The Hall–Kier alpha value is 0.0569. The third-order valence-corrected chi connectivity index (χ3v) is 6.65. The van der Waals surface area contributed by atoms with Gasteiger partial charge in [0.25, 0.3) is 0 Å². The molecule has 2 unspecified atom stereocenters. The molecule has 0 aromatic heterocycles. The summed E-state index contributed by atoms with van der Waals surface area (Å²) in [5, 5.41) is 0. The van der Waals surface area contributed by atoms with E-state index in [1.54, 1.807) is 0 Å². The molecule has 0 amide bonds. The fourth-order valence-corrected chi connectivity index (χ4v) is 5.61. The highest BCUT2D eigenvalue weighted by Gasteiger charge is 2.42. The summed E-state index contributed by atoms with van der Waals surface area (Å²) in [6.07, 6.45) is 6.33. The monoisotopic (exact) mass is 288 g/mol. The van der Waals surface area contributed by atoms with Crippen LogP contribution in [0.3, 0.4) is 0 Å². The molecule has 1 rings (SSSR count). The standard InChI is InChI=1S/C14H32N2O2Si/c1-5-12-15-19(17-6-2,18-7-3)16-14-11-9-8-10-13(14)4/h13-16H,5-12H2,1-4H3. The van der Waals surface area contributed by atoms with E-state index in [0.29, 0.717) is 25.2 Å². The minimum absolute atomic E-state index is 0.530. The zero-order valence-corrected chi connectivity index (χ0v) is 14.1. The first kappa shape index (κ1) is 17.1. The summed E-state index contributed by atoms with van der Waals surface area (Å²) >= 11 is 0. The van der Waals surface area contributed by atoms with E-state index < -0.39 is 8.88 Å². The molecule has 2 atom stereocenters. The molecule has 1 aliphatic rings. The van der Waals surface area contributed by atoms with Crippen molar-refractivity contribution in [1.29, 1.82) is 0 Å². The van der Waals surface area contributed by atoms with Gasteiger partial charge in [-0.3, -0.25) is 9.96 Å². The summed E-state index contributed by atoms with van der Waals surface area (Å²) in [4.78, 5) is 7.28. The van der Waals surface area contributed by atoms with Crippen LogP contribution in [0.1, 0.15) is 59.8 Å². The molecule has 1 aliphatic carbocycles. The zero-order chi connectivity index (χ0) is 14.1. The Bertz CT molecular complexity index is 235. The smallest absolute Gasteiger partial charge is 0.371 e. The first-order valence-electron chi connectivity index (χ1n) is 7.98. The van der Waals surface area contributed by atoms with Gasteiger partial charge >= 0.3 is 8.88 Å². The van der Waals surface area contributed by atoms with Crippen molar-refractivity contribution < 1.29 is 8.85 Å².